The summed E-state index contributed by atoms with van der Waals surface area (Å²) in [5.41, 5.74) is 5.81. The van der Waals surface area contributed by atoms with Crippen molar-refractivity contribution in [1.82, 2.24) is 20.6 Å². The highest BCUT2D eigenvalue weighted by atomic mass is 15.0. The van der Waals surface area contributed by atoms with Crippen LogP contribution in [0.4, 0.5) is 0 Å². The van der Waals surface area contributed by atoms with E-state index in [2.05, 4.69) is 44.9 Å². The van der Waals surface area contributed by atoms with Gasteiger partial charge in [0.05, 0.1) is 35.9 Å². The molecule has 0 saturated carbocycles. The van der Waals surface area contributed by atoms with Crippen molar-refractivity contribution in [3.8, 4) is 0 Å². The van der Waals surface area contributed by atoms with Gasteiger partial charge in [-0.2, -0.15) is 0 Å². The summed E-state index contributed by atoms with van der Waals surface area (Å²) in [5.74, 6) is 0. The smallest absolute Gasteiger partial charge is 0.0903 e. The van der Waals surface area contributed by atoms with E-state index in [9.17, 15) is 0 Å². The summed E-state index contributed by atoms with van der Waals surface area (Å²) < 4.78 is 0. The summed E-state index contributed by atoms with van der Waals surface area (Å²) in [7, 11) is 0. The lowest BCUT2D eigenvalue weighted by Crippen LogP contribution is -2.30. The van der Waals surface area contributed by atoms with Gasteiger partial charge < -0.3 is 10.6 Å². The van der Waals surface area contributed by atoms with Crippen LogP contribution in [0.25, 0.3) is 0 Å². The van der Waals surface area contributed by atoms with Crippen LogP contribution in [0.3, 0.4) is 0 Å². The number of hydrogen-bond donors (Lipinski definition) is 2. The Hall–Kier alpha value is -4.00. The van der Waals surface area contributed by atoms with Gasteiger partial charge in [-0.1, -0.05) is 72.8 Å². The van der Waals surface area contributed by atoms with E-state index in [0.29, 0.717) is 13.1 Å². The Morgan fingerprint density at radius 1 is 0.500 bits per heavy atom. The zero-order chi connectivity index (χ0) is 24.7. The molecule has 2 aromatic carbocycles. The predicted molar refractivity (Wildman–Crippen MR) is 148 cm³/mol. The number of pyridine rings is 2. The highest BCUT2D eigenvalue weighted by Gasteiger charge is 2.08. The SMILES string of the molecule is c1ccc(C(=NCCNCCNCCN=C(c2ccccc2)c2ccccn2)c2ccccn2)cc1. The van der Waals surface area contributed by atoms with E-state index in [1.165, 1.54) is 0 Å². The van der Waals surface area contributed by atoms with Gasteiger partial charge >= 0.3 is 0 Å². The molecular weight excluding hydrogens is 444 g/mol. The van der Waals surface area contributed by atoms with E-state index in [1.807, 2.05) is 72.8 Å². The molecule has 0 amide bonds. The lowest BCUT2D eigenvalue weighted by Gasteiger charge is -2.09. The van der Waals surface area contributed by atoms with Gasteiger partial charge in [0, 0.05) is 49.7 Å². The molecule has 4 aromatic rings. The molecule has 2 aromatic heterocycles. The summed E-state index contributed by atoms with van der Waals surface area (Å²) in [6.45, 7) is 4.73. The summed E-state index contributed by atoms with van der Waals surface area (Å²) in [4.78, 5) is 18.6. The van der Waals surface area contributed by atoms with Gasteiger partial charge in [0.25, 0.3) is 0 Å². The molecule has 0 spiro atoms. The fourth-order valence-electron chi connectivity index (χ4n) is 3.76. The van der Waals surface area contributed by atoms with E-state index in [1.54, 1.807) is 12.4 Å². The third-order valence-corrected chi connectivity index (χ3v) is 5.51. The number of rotatable bonds is 13. The highest BCUT2D eigenvalue weighted by molar-refractivity contribution is 6.12. The van der Waals surface area contributed by atoms with Crippen LogP contribution in [0, 0.1) is 0 Å². The normalized spacial score (nSPS) is 12.0. The number of aliphatic imine (C=N–C) groups is 2. The molecular formula is C30H32N6. The number of hydrogen-bond acceptors (Lipinski definition) is 6. The third-order valence-electron chi connectivity index (χ3n) is 5.51. The van der Waals surface area contributed by atoms with Crippen LogP contribution in [-0.2, 0) is 0 Å². The zero-order valence-corrected chi connectivity index (χ0v) is 20.4. The second kappa shape index (κ2) is 14.4. The minimum Gasteiger partial charge on any atom is -0.314 e. The van der Waals surface area contributed by atoms with Gasteiger partial charge in [0.1, 0.15) is 0 Å². The van der Waals surface area contributed by atoms with Crippen LogP contribution in [0.5, 0.6) is 0 Å². The molecule has 36 heavy (non-hydrogen) atoms. The molecule has 182 valence electrons. The number of benzene rings is 2. The fourth-order valence-corrected chi connectivity index (χ4v) is 3.76. The maximum atomic E-state index is 4.84. The highest BCUT2D eigenvalue weighted by Crippen LogP contribution is 2.09. The first-order valence-corrected chi connectivity index (χ1v) is 12.4. The summed E-state index contributed by atoms with van der Waals surface area (Å²) in [5, 5.41) is 6.92. The van der Waals surface area contributed by atoms with Crippen LogP contribution in [0.2, 0.25) is 0 Å². The van der Waals surface area contributed by atoms with Crippen LogP contribution < -0.4 is 10.6 Å². The van der Waals surface area contributed by atoms with Gasteiger partial charge in [0.15, 0.2) is 0 Å². The molecule has 0 radical (unpaired) electrons. The topological polar surface area (TPSA) is 74.6 Å². The number of nitrogens with one attached hydrogen (secondary N) is 2. The molecule has 2 N–H and O–H groups in total. The van der Waals surface area contributed by atoms with Crippen LogP contribution in [-0.4, -0.2) is 60.7 Å². The molecule has 6 heteroatoms. The molecule has 0 atom stereocenters. The van der Waals surface area contributed by atoms with Gasteiger partial charge in [-0.3, -0.25) is 20.0 Å². The van der Waals surface area contributed by atoms with Gasteiger partial charge in [-0.05, 0) is 24.3 Å². The Labute approximate surface area is 213 Å². The quantitative estimate of drug-likeness (QED) is 0.226. The first kappa shape index (κ1) is 25.1. The lowest BCUT2D eigenvalue weighted by atomic mass is 10.1. The predicted octanol–water partition coefficient (Wildman–Crippen LogP) is 4.03. The van der Waals surface area contributed by atoms with E-state index in [-0.39, 0.29) is 0 Å². The Morgan fingerprint density at radius 3 is 1.31 bits per heavy atom. The average molecular weight is 477 g/mol. The van der Waals surface area contributed by atoms with Crippen LogP contribution in [0.1, 0.15) is 22.5 Å². The second-order valence-electron chi connectivity index (χ2n) is 8.12. The maximum absolute atomic E-state index is 4.84. The van der Waals surface area contributed by atoms with Crippen molar-refractivity contribution >= 4 is 11.4 Å². The minimum atomic E-state index is 0.690. The van der Waals surface area contributed by atoms with Crippen molar-refractivity contribution < 1.29 is 0 Å². The standard InChI is InChI=1S/C30H32N6/c1-3-11-25(12-4-1)29(27-15-7-9-17-33-27)35-23-21-31-19-20-32-22-24-36-30(26-13-5-2-6-14-26)28-16-8-10-18-34-28/h1-18,31-32H,19-24H2. The van der Waals surface area contributed by atoms with Crippen molar-refractivity contribution in [3.05, 3.63) is 132 Å². The van der Waals surface area contributed by atoms with Crippen molar-refractivity contribution in [2.45, 2.75) is 0 Å². The van der Waals surface area contributed by atoms with Crippen molar-refractivity contribution in [2.24, 2.45) is 9.98 Å². The molecule has 0 aliphatic rings. The van der Waals surface area contributed by atoms with Crippen LogP contribution >= 0.6 is 0 Å². The van der Waals surface area contributed by atoms with E-state index in [4.69, 9.17) is 9.98 Å². The number of aromatic nitrogens is 2. The summed E-state index contributed by atoms with van der Waals surface area (Å²) in [6, 6.07) is 32.3. The van der Waals surface area contributed by atoms with Gasteiger partial charge in [-0.15, -0.1) is 0 Å². The largest absolute Gasteiger partial charge is 0.314 e. The molecule has 0 fully saturated rings. The minimum absolute atomic E-state index is 0.690. The Kier molecular flexibility index (Phi) is 10.0. The molecule has 0 aliphatic carbocycles. The molecule has 2 heterocycles. The summed E-state index contributed by atoms with van der Waals surface area (Å²) in [6.07, 6.45) is 3.61. The molecule has 6 nitrogen and oxygen atoms in total. The average Bonchev–Trinajstić information content (AvgIpc) is 2.96. The summed E-state index contributed by atoms with van der Waals surface area (Å²) >= 11 is 0. The Morgan fingerprint density at radius 2 is 0.917 bits per heavy atom. The van der Waals surface area contributed by atoms with Crippen molar-refractivity contribution in [2.75, 3.05) is 39.3 Å². The van der Waals surface area contributed by atoms with Gasteiger partial charge in [-0.25, -0.2) is 0 Å². The first-order chi connectivity index (χ1) is 17.9. The third kappa shape index (κ3) is 7.77. The number of nitrogens with zero attached hydrogens (tertiary/aromatic N) is 4. The van der Waals surface area contributed by atoms with Crippen molar-refractivity contribution in [3.63, 3.8) is 0 Å². The maximum Gasteiger partial charge on any atom is 0.0903 e. The molecule has 0 saturated heterocycles. The molecule has 4 rings (SSSR count). The van der Waals surface area contributed by atoms with E-state index < -0.39 is 0 Å². The van der Waals surface area contributed by atoms with E-state index in [0.717, 1.165) is 60.1 Å². The van der Waals surface area contributed by atoms with Crippen molar-refractivity contribution in [1.29, 1.82) is 0 Å². The van der Waals surface area contributed by atoms with E-state index >= 15 is 0 Å². The van der Waals surface area contributed by atoms with Crippen LogP contribution in [0.15, 0.2) is 119 Å². The zero-order valence-electron chi connectivity index (χ0n) is 20.4. The Balaban J connectivity index is 1.20. The van der Waals surface area contributed by atoms with Gasteiger partial charge in [0.2, 0.25) is 0 Å². The molecule has 0 bridgehead atoms. The Bertz CT molecular complexity index is 1030. The first-order valence-electron chi connectivity index (χ1n) is 12.4. The molecule has 0 aliphatic heterocycles. The monoisotopic (exact) mass is 476 g/mol. The lowest BCUT2D eigenvalue weighted by molar-refractivity contribution is 0.619. The fraction of sp³-hybridized carbons (Fsp3) is 0.200. The second-order valence-corrected chi connectivity index (χ2v) is 8.12. The molecule has 0 unspecified atom stereocenters.